The molecule has 0 radical (unpaired) electrons. The van der Waals surface area contributed by atoms with Gasteiger partial charge < -0.3 is 25.3 Å². The van der Waals surface area contributed by atoms with Gasteiger partial charge in [-0.2, -0.15) is 0 Å². The number of benzene rings is 2. The van der Waals surface area contributed by atoms with Crippen molar-refractivity contribution in [3.8, 4) is 0 Å². The monoisotopic (exact) mass is 431 g/mol. The van der Waals surface area contributed by atoms with Crippen LogP contribution in [-0.2, 0) is 6.54 Å². The zero-order chi connectivity index (χ0) is 22.2. The number of aliphatic imine (C=N–C) groups is 1. The van der Waals surface area contributed by atoms with Gasteiger partial charge in [-0.05, 0) is 55.3 Å². The van der Waals surface area contributed by atoms with E-state index in [-0.39, 0.29) is 11.7 Å². The van der Waals surface area contributed by atoms with Gasteiger partial charge in [0, 0.05) is 37.1 Å². The number of furan rings is 1. The Morgan fingerprint density at radius 2 is 1.91 bits per heavy atom. The molecular formula is C25H29N5O2. The zero-order valence-electron chi connectivity index (χ0n) is 18.3. The fourth-order valence-electron chi connectivity index (χ4n) is 3.73. The lowest BCUT2D eigenvalue weighted by atomic mass is 10.2. The van der Waals surface area contributed by atoms with E-state index in [9.17, 15) is 4.79 Å². The Bertz CT molecular complexity index is 1020. The van der Waals surface area contributed by atoms with Crippen LogP contribution in [0.25, 0.3) is 0 Å². The summed E-state index contributed by atoms with van der Waals surface area (Å²) in [5.74, 6) is 0.848. The summed E-state index contributed by atoms with van der Waals surface area (Å²) >= 11 is 0. The largest absolute Gasteiger partial charge is 0.459 e. The summed E-state index contributed by atoms with van der Waals surface area (Å²) in [4.78, 5) is 19.2. The second kappa shape index (κ2) is 10.5. The van der Waals surface area contributed by atoms with Crippen molar-refractivity contribution in [2.24, 2.45) is 4.99 Å². The Balaban J connectivity index is 1.31. The fourth-order valence-corrected chi connectivity index (χ4v) is 3.73. The summed E-state index contributed by atoms with van der Waals surface area (Å²) < 4.78 is 5.12. The van der Waals surface area contributed by atoms with Crippen LogP contribution < -0.4 is 20.9 Å². The number of guanidine groups is 1. The van der Waals surface area contributed by atoms with Crippen molar-refractivity contribution >= 4 is 23.2 Å². The molecule has 2 heterocycles. The standard InChI is InChI=1S/C25H29N5O2/c1-2-26-25(29-21-14-15-30(18-21)22-7-4-3-5-8-22)27-17-19-10-12-20(13-11-19)28-24(31)23-9-6-16-32-23/h3-13,16,21H,2,14-15,17-18H2,1H3,(H,28,31)(H2,26,27,29). The normalized spacial score (nSPS) is 16.1. The minimum absolute atomic E-state index is 0.263. The third kappa shape index (κ3) is 5.69. The number of carbonyl (C=O) groups is 1. The van der Waals surface area contributed by atoms with Gasteiger partial charge in [0.2, 0.25) is 0 Å². The van der Waals surface area contributed by atoms with E-state index in [0.29, 0.717) is 12.6 Å². The molecule has 1 amide bonds. The SMILES string of the molecule is CCNC(=NCc1ccc(NC(=O)c2ccco2)cc1)NC1CCN(c2ccccc2)C1. The van der Waals surface area contributed by atoms with E-state index in [4.69, 9.17) is 9.41 Å². The molecule has 3 N–H and O–H groups in total. The molecule has 3 aromatic rings. The fraction of sp³-hybridized carbons (Fsp3) is 0.280. The van der Waals surface area contributed by atoms with Crippen molar-refractivity contribution in [3.63, 3.8) is 0 Å². The Hall–Kier alpha value is -3.74. The van der Waals surface area contributed by atoms with Gasteiger partial charge in [0.1, 0.15) is 0 Å². The number of para-hydroxylation sites is 1. The highest BCUT2D eigenvalue weighted by atomic mass is 16.3. The molecule has 7 heteroatoms. The number of nitrogens with one attached hydrogen (secondary N) is 3. The molecule has 1 aromatic heterocycles. The number of nitrogens with zero attached hydrogens (tertiary/aromatic N) is 2. The molecule has 1 aliphatic heterocycles. The maximum atomic E-state index is 12.1. The van der Waals surface area contributed by atoms with Gasteiger partial charge in [-0.25, -0.2) is 4.99 Å². The summed E-state index contributed by atoms with van der Waals surface area (Å²) in [6.07, 6.45) is 2.56. The number of anilines is 2. The van der Waals surface area contributed by atoms with E-state index in [1.165, 1.54) is 12.0 Å². The van der Waals surface area contributed by atoms with Crippen molar-refractivity contribution < 1.29 is 9.21 Å². The lowest BCUT2D eigenvalue weighted by Gasteiger charge is -2.20. The van der Waals surface area contributed by atoms with Gasteiger partial charge in [-0.15, -0.1) is 0 Å². The van der Waals surface area contributed by atoms with Crippen molar-refractivity contribution in [3.05, 3.63) is 84.3 Å². The zero-order valence-corrected chi connectivity index (χ0v) is 18.3. The molecular weight excluding hydrogens is 402 g/mol. The highest BCUT2D eigenvalue weighted by Gasteiger charge is 2.23. The van der Waals surface area contributed by atoms with Gasteiger partial charge in [0.25, 0.3) is 5.91 Å². The number of amides is 1. The van der Waals surface area contributed by atoms with Gasteiger partial charge in [-0.1, -0.05) is 30.3 Å². The van der Waals surface area contributed by atoms with E-state index >= 15 is 0 Å². The summed E-state index contributed by atoms with van der Waals surface area (Å²) in [7, 11) is 0. The van der Waals surface area contributed by atoms with Crippen LogP contribution in [-0.4, -0.2) is 37.5 Å². The minimum Gasteiger partial charge on any atom is -0.459 e. The summed E-state index contributed by atoms with van der Waals surface area (Å²) in [6.45, 7) is 5.42. The van der Waals surface area contributed by atoms with E-state index in [0.717, 1.165) is 43.3 Å². The number of hydrogen-bond donors (Lipinski definition) is 3. The van der Waals surface area contributed by atoms with Crippen LogP contribution in [0.5, 0.6) is 0 Å². The predicted molar refractivity (Wildman–Crippen MR) is 128 cm³/mol. The lowest BCUT2D eigenvalue weighted by molar-refractivity contribution is 0.0996. The van der Waals surface area contributed by atoms with Crippen molar-refractivity contribution in [1.82, 2.24) is 10.6 Å². The summed E-state index contributed by atoms with van der Waals surface area (Å²) in [5, 5.41) is 9.73. The van der Waals surface area contributed by atoms with Crippen LogP contribution >= 0.6 is 0 Å². The maximum absolute atomic E-state index is 12.1. The number of rotatable bonds is 7. The molecule has 0 bridgehead atoms. The van der Waals surface area contributed by atoms with E-state index in [2.05, 4.69) is 52.0 Å². The second-order valence-corrected chi connectivity index (χ2v) is 7.74. The second-order valence-electron chi connectivity index (χ2n) is 7.74. The van der Waals surface area contributed by atoms with E-state index < -0.39 is 0 Å². The summed E-state index contributed by atoms with van der Waals surface area (Å²) in [6, 6.07) is 21.9. The van der Waals surface area contributed by atoms with Gasteiger partial charge in [0.15, 0.2) is 11.7 Å². The van der Waals surface area contributed by atoms with E-state index in [1.807, 2.05) is 30.3 Å². The molecule has 1 atom stereocenters. The molecule has 1 aliphatic rings. The van der Waals surface area contributed by atoms with Crippen LogP contribution in [0.15, 0.2) is 82.4 Å². The van der Waals surface area contributed by atoms with Crippen LogP contribution in [0, 0.1) is 0 Å². The van der Waals surface area contributed by atoms with Crippen molar-refractivity contribution in [1.29, 1.82) is 0 Å². The Morgan fingerprint density at radius 3 is 2.62 bits per heavy atom. The quantitative estimate of drug-likeness (QED) is 0.391. The molecule has 0 aliphatic carbocycles. The molecule has 166 valence electrons. The van der Waals surface area contributed by atoms with Crippen LogP contribution in [0.4, 0.5) is 11.4 Å². The van der Waals surface area contributed by atoms with Gasteiger partial charge >= 0.3 is 0 Å². The first-order chi connectivity index (χ1) is 15.7. The van der Waals surface area contributed by atoms with Crippen LogP contribution in [0.1, 0.15) is 29.5 Å². The Labute approximate surface area is 188 Å². The molecule has 32 heavy (non-hydrogen) atoms. The third-order valence-corrected chi connectivity index (χ3v) is 5.37. The summed E-state index contributed by atoms with van der Waals surface area (Å²) in [5.41, 5.74) is 3.05. The highest BCUT2D eigenvalue weighted by molar-refractivity contribution is 6.02. The third-order valence-electron chi connectivity index (χ3n) is 5.37. The average Bonchev–Trinajstić information content (AvgIpc) is 3.52. The van der Waals surface area contributed by atoms with Gasteiger partial charge in [0.05, 0.1) is 12.8 Å². The van der Waals surface area contributed by atoms with E-state index in [1.54, 1.807) is 12.1 Å². The topological polar surface area (TPSA) is 81.9 Å². The first-order valence-electron chi connectivity index (χ1n) is 11.0. The first-order valence-corrected chi connectivity index (χ1v) is 11.0. The molecule has 0 saturated carbocycles. The predicted octanol–water partition coefficient (Wildman–Crippen LogP) is 3.87. The number of carbonyl (C=O) groups excluding carboxylic acids is 1. The van der Waals surface area contributed by atoms with Crippen molar-refractivity contribution in [2.75, 3.05) is 29.9 Å². The van der Waals surface area contributed by atoms with Crippen molar-refractivity contribution in [2.45, 2.75) is 25.9 Å². The molecule has 1 unspecified atom stereocenters. The molecule has 7 nitrogen and oxygen atoms in total. The molecule has 2 aromatic carbocycles. The molecule has 1 fully saturated rings. The Kier molecular flexibility index (Phi) is 7.07. The highest BCUT2D eigenvalue weighted by Crippen LogP contribution is 2.19. The van der Waals surface area contributed by atoms with Crippen LogP contribution in [0.2, 0.25) is 0 Å². The maximum Gasteiger partial charge on any atom is 0.291 e. The minimum atomic E-state index is -0.263. The molecule has 0 spiro atoms. The molecule has 1 saturated heterocycles. The smallest absolute Gasteiger partial charge is 0.291 e. The Morgan fingerprint density at radius 1 is 1.09 bits per heavy atom. The number of hydrogen-bond acceptors (Lipinski definition) is 4. The van der Waals surface area contributed by atoms with Crippen LogP contribution in [0.3, 0.4) is 0 Å². The first kappa shape index (κ1) is 21.5. The average molecular weight is 432 g/mol. The molecule has 4 rings (SSSR count). The van der Waals surface area contributed by atoms with Gasteiger partial charge in [-0.3, -0.25) is 4.79 Å². The lowest BCUT2D eigenvalue weighted by Crippen LogP contribution is -2.44.